The fraction of sp³-hybridized carbons (Fsp3) is 0.129. The molecule has 6 rings (SSSR count). The van der Waals surface area contributed by atoms with E-state index in [4.69, 9.17) is 14.9 Å². The Morgan fingerprint density at radius 1 is 0.789 bits per heavy atom. The minimum absolute atomic E-state index is 0.269. The molecule has 38 heavy (non-hydrogen) atoms. The summed E-state index contributed by atoms with van der Waals surface area (Å²) >= 11 is 1.35. The lowest BCUT2D eigenvalue weighted by atomic mass is 9.93. The van der Waals surface area contributed by atoms with Crippen LogP contribution in [0.5, 0.6) is 0 Å². The molecular weight excluding hydrogens is 492 g/mol. The molecule has 0 aromatic heterocycles. The molecule has 0 bridgehead atoms. The van der Waals surface area contributed by atoms with E-state index in [0.717, 1.165) is 39.3 Å². The predicted octanol–water partition coefficient (Wildman–Crippen LogP) is 6.51. The molecule has 7 heteroatoms. The van der Waals surface area contributed by atoms with Crippen LogP contribution in [0.25, 0.3) is 0 Å². The first kappa shape index (κ1) is 24.0. The summed E-state index contributed by atoms with van der Waals surface area (Å²) in [4.78, 5) is 12.1. The largest absolute Gasteiger partial charge is 0.461 e. The number of para-hydroxylation sites is 1. The number of carbonyl (C=O) groups excluding carboxylic acids is 1. The summed E-state index contributed by atoms with van der Waals surface area (Å²) in [5, 5.41) is 14.3. The standard InChI is InChI=1S/C31H26N4O2S/c1-3-37-30(36)29-33-35(25-20-18-22(2)19-21-25)31(38-29)27-17-11-10-16-26(27)28(23-12-6-4-7-13-23)32-34(31)24-14-8-5-9-15-24/h4-21H,3H2,1-2H3. The molecule has 2 aliphatic rings. The number of anilines is 2. The molecule has 0 N–H and O–H groups in total. The van der Waals surface area contributed by atoms with Crippen molar-refractivity contribution in [3.8, 4) is 0 Å². The third kappa shape index (κ3) is 3.96. The van der Waals surface area contributed by atoms with Crippen LogP contribution in [-0.2, 0) is 14.5 Å². The highest BCUT2D eigenvalue weighted by Gasteiger charge is 2.56. The average molecular weight is 519 g/mol. The van der Waals surface area contributed by atoms with E-state index >= 15 is 0 Å². The van der Waals surface area contributed by atoms with Gasteiger partial charge >= 0.3 is 5.97 Å². The number of benzene rings is 4. The summed E-state index contributed by atoms with van der Waals surface area (Å²) in [5.74, 6) is -0.449. The normalized spacial score (nSPS) is 18.2. The Bertz CT molecular complexity index is 1540. The van der Waals surface area contributed by atoms with Crippen molar-refractivity contribution in [2.75, 3.05) is 16.6 Å². The molecule has 6 nitrogen and oxygen atoms in total. The van der Waals surface area contributed by atoms with Crippen molar-refractivity contribution in [3.63, 3.8) is 0 Å². The topological polar surface area (TPSA) is 57.5 Å². The van der Waals surface area contributed by atoms with Crippen molar-refractivity contribution in [2.45, 2.75) is 18.8 Å². The third-order valence-electron chi connectivity index (χ3n) is 6.51. The fourth-order valence-corrected chi connectivity index (χ4v) is 6.06. The Morgan fingerprint density at radius 2 is 1.39 bits per heavy atom. The number of hydrogen-bond donors (Lipinski definition) is 0. The zero-order valence-corrected chi connectivity index (χ0v) is 21.9. The van der Waals surface area contributed by atoms with Gasteiger partial charge in [-0.25, -0.2) is 14.8 Å². The lowest BCUT2D eigenvalue weighted by Crippen LogP contribution is -2.54. The van der Waals surface area contributed by atoms with Gasteiger partial charge in [0.2, 0.25) is 10.0 Å². The maximum Gasteiger partial charge on any atom is 0.365 e. The van der Waals surface area contributed by atoms with Crippen LogP contribution in [0.3, 0.4) is 0 Å². The van der Waals surface area contributed by atoms with Crippen molar-refractivity contribution in [1.29, 1.82) is 0 Å². The Morgan fingerprint density at radius 3 is 2.11 bits per heavy atom. The van der Waals surface area contributed by atoms with Crippen LogP contribution in [0.2, 0.25) is 0 Å². The monoisotopic (exact) mass is 518 g/mol. The molecular formula is C31H26N4O2S. The Kier molecular flexibility index (Phi) is 6.21. The fourth-order valence-electron chi connectivity index (χ4n) is 4.77. The van der Waals surface area contributed by atoms with E-state index in [1.54, 1.807) is 6.92 Å². The van der Waals surface area contributed by atoms with Gasteiger partial charge in [-0.2, -0.15) is 10.2 Å². The van der Waals surface area contributed by atoms with Crippen LogP contribution in [0.15, 0.2) is 119 Å². The van der Waals surface area contributed by atoms with E-state index in [-0.39, 0.29) is 11.7 Å². The number of ether oxygens (including phenoxy) is 1. The third-order valence-corrected chi connectivity index (χ3v) is 7.81. The van der Waals surface area contributed by atoms with Crippen LogP contribution >= 0.6 is 11.8 Å². The van der Waals surface area contributed by atoms with Crippen LogP contribution in [0.4, 0.5) is 11.4 Å². The first-order chi connectivity index (χ1) is 18.6. The zero-order valence-electron chi connectivity index (χ0n) is 21.1. The van der Waals surface area contributed by atoms with E-state index in [2.05, 4.69) is 24.3 Å². The van der Waals surface area contributed by atoms with Gasteiger partial charge in [0.1, 0.15) is 0 Å². The molecule has 0 saturated carbocycles. The van der Waals surface area contributed by atoms with Crippen molar-refractivity contribution in [1.82, 2.24) is 0 Å². The number of hydrogen-bond acceptors (Lipinski definition) is 7. The summed E-state index contributed by atoms with van der Waals surface area (Å²) in [6.45, 7) is 4.12. The Labute approximate surface area is 226 Å². The molecule has 0 saturated heterocycles. The van der Waals surface area contributed by atoms with Crippen LogP contribution in [0.1, 0.15) is 29.2 Å². The van der Waals surface area contributed by atoms with Gasteiger partial charge in [0.25, 0.3) is 0 Å². The number of thioether (sulfide) groups is 1. The quantitative estimate of drug-likeness (QED) is 0.282. The number of hydrazone groups is 2. The molecule has 4 aromatic rings. The lowest BCUT2D eigenvalue weighted by molar-refractivity contribution is -0.134. The highest BCUT2D eigenvalue weighted by molar-refractivity contribution is 8.16. The number of rotatable bonds is 5. The first-order valence-electron chi connectivity index (χ1n) is 12.5. The Hall–Kier alpha value is -4.36. The highest BCUT2D eigenvalue weighted by atomic mass is 32.2. The van der Waals surface area contributed by atoms with Gasteiger partial charge < -0.3 is 4.74 Å². The van der Waals surface area contributed by atoms with Crippen LogP contribution in [0, 0.1) is 6.92 Å². The molecule has 1 unspecified atom stereocenters. The van der Waals surface area contributed by atoms with Crippen molar-refractivity contribution >= 4 is 39.9 Å². The van der Waals surface area contributed by atoms with Gasteiger partial charge in [-0.1, -0.05) is 90.5 Å². The molecule has 0 aliphatic carbocycles. The molecule has 2 heterocycles. The van der Waals surface area contributed by atoms with Gasteiger partial charge in [-0.15, -0.1) is 0 Å². The second kappa shape index (κ2) is 9.84. The second-order valence-electron chi connectivity index (χ2n) is 8.99. The molecule has 2 aliphatic heterocycles. The van der Waals surface area contributed by atoms with Gasteiger partial charge in [-0.05, 0) is 49.9 Å². The molecule has 1 atom stereocenters. The summed E-state index contributed by atoms with van der Waals surface area (Å²) in [5.41, 5.74) is 6.67. The van der Waals surface area contributed by atoms with E-state index in [1.165, 1.54) is 11.8 Å². The average Bonchev–Trinajstić information content (AvgIpc) is 3.36. The van der Waals surface area contributed by atoms with Crippen LogP contribution < -0.4 is 10.0 Å². The number of fused-ring (bicyclic) bond motifs is 2. The number of carbonyl (C=O) groups is 1. The lowest BCUT2D eigenvalue weighted by Gasteiger charge is -2.47. The highest BCUT2D eigenvalue weighted by Crippen LogP contribution is 2.55. The smallest absolute Gasteiger partial charge is 0.365 e. The number of aryl methyl sites for hydroxylation is 1. The Balaban J connectivity index is 1.64. The van der Waals surface area contributed by atoms with Gasteiger partial charge in [0, 0.05) is 16.7 Å². The van der Waals surface area contributed by atoms with Crippen molar-refractivity contribution < 1.29 is 9.53 Å². The first-order valence-corrected chi connectivity index (χ1v) is 13.3. The van der Waals surface area contributed by atoms with E-state index < -0.39 is 11.0 Å². The van der Waals surface area contributed by atoms with Gasteiger partial charge in [-0.3, -0.25) is 0 Å². The minimum atomic E-state index is -1.01. The predicted molar refractivity (Wildman–Crippen MR) is 154 cm³/mol. The second-order valence-corrected chi connectivity index (χ2v) is 10.2. The SMILES string of the molecule is CCOC(=O)C1=NN(c2ccc(C)cc2)C2(S1)c1ccccc1C(c1ccccc1)=NN2c1ccccc1. The number of nitrogens with zero attached hydrogens (tertiary/aromatic N) is 4. The molecule has 0 fully saturated rings. The van der Waals surface area contributed by atoms with E-state index in [0.29, 0.717) is 0 Å². The summed E-state index contributed by atoms with van der Waals surface area (Å²) in [7, 11) is 0. The molecule has 0 radical (unpaired) electrons. The van der Waals surface area contributed by atoms with Crippen LogP contribution in [-0.4, -0.2) is 23.3 Å². The summed E-state index contributed by atoms with van der Waals surface area (Å²) in [6.07, 6.45) is 0. The number of esters is 1. The summed E-state index contributed by atoms with van der Waals surface area (Å²) in [6, 6.07) is 36.6. The van der Waals surface area contributed by atoms with Crippen molar-refractivity contribution in [2.24, 2.45) is 10.2 Å². The zero-order chi connectivity index (χ0) is 26.1. The minimum Gasteiger partial charge on any atom is -0.461 e. The van der Waals surface area contributed by atoms with Crippen molar-refractivity contribution in [3.05, 3.63) is 131 Å². The summed E-state index contributed by atoms with van der Waals surface area (Å²) < 4.78 is 5.41. The van der Waals surface area contributed by atoms with Gasteiger partial charge in [0.15, 0.2) is 0 Å². The maximum atomic E-state index is 13.1. The molecule has 1 spiro atoms. The van der Waals surface area contributed by atoms with Gasteiger partial charge in [0.05, 0.1) is 23.7 Å². The van der Waals surface area contributed by atoms with E-state index in [1.807, 2.05) is 102 Å². The maximum absolute atomic E-state index is 13.1. The van der Waals surface area contributed by atoms with E-state index in [9.17, 15) is 4.79 Å². The molecule has 4 aromatic carbocycles. The molecule has 188 valence electrons. The molecule has 0 amide bonds.